The smallest absolute Gasteiger partial charge is 0.229 e. The van der Waals surface area contributed by atoms with E-state index in [-0.39, 0.29) is 17.6 Å². The Morgan fingerprint density at radius 3 is 2.82 bits per heavy atom. The lowest BCUT2D eigenvalue weighted by molar-refractivity contribution is -0.491. The third kappa shape index (κ3) is 5.54. The van der Waals surface area contributed by atoms with Gasteiger partial charge in [0.05, 0.1) is 6.61 Å². The van der Waals surface area contributed by atoms with E-state index in [4.69, 9.17) is 4.74 Å². The van der Waals surface area contributed by atoms with Gasteiger partial charge in [0.25, 0.3) is 0 Å². The van der Waals surface area contributed by atoms with Gasteiger partial charge in [-0.25, -0.2) is 0 Å². The van der Waals surface area contributed by atoms with E-state index in [1.165, 1.54) is 0 Å². The highest BCUT2D eigenvalue weighted by Crippen LogP contribution is 1.97. The molecule has 0 radical (unpaired) electrons. The van der Waals surface area contributed by atoms with Crippen molar-refractivity contribution in [3.8, 4) is 0 Å². The van der Waals surface area contributed by atoms with E-state index in [2.05, 4.69) is 6.58 Å². The summed E-state index contributed by atoms with van der Waals surface area (Å²) in [5, 5.41) is 10.0. The maximum absolute atomic E-state index is 10.0. The van der Waals surface area contributed by atoms with Crippen LogP contribution in [0.5, 0.6) is 0 Å². The van der Waals surface area contributed by atoms with Crippen molar-refractivity contribution in [1.29, 1.82) is 0 Å². The highest BCUT2D eigenvalue weighted by atomic mass is 16.6. The minimum Gasteiger partial charge on any atom is -0.367 e. The Bertz CT molecular complexity index is 136. The summed E-state index contributed by atoms with van der Waals surface area (Å²) in [5.74, 6) is 0. The molecule has 0 saturated carbocycles. The summed E-state index contributed by atoms with van der Waals surface area (Å²) in [6.07, 6.45) is 1.97. The number of hydrogen-bond donors (Lipinski definition) is 0. The van der Waals surface area contributed by atoms with E-state index in [1.54, 1.807) is 6.08 Å². The summed E-state index contributed by atoms with van der Waals surface area (Å²) in [4.78, 5) is 9.67. The summed E-state index contributed by atoms with van der Waals surface area (Å²) in [6, 6.07) is 0. The monoisotopic (exact) mass is 159 g/mol. The lowest BCUT2D eigenvalue weighted by Crippen LogP contribution is -2.22. The molecule has 1 atom stereocenters. The molecule has 11 heavy (non-hydrogen) atoms. The van der Waals surface area contributed by atoms with Crippen molar-refractivity contribution in [2.75, 3.05) is 13.2 Å². The van der Waals surface area contributed by atoms with Crippen LogP contribution < -0.4 is 0 Å². The minimum absolute atomic E-state index is 0.121. The van der Waals surface area contributed by atoms with Crippen LogP contribution in [0.4, 0.5) is 0 Å². The molecule has 0 aliphatic rings. The van der Waals surface area contributed by atoms with Gasteiger partial charge in [0.2, 0.25) is 6.54 Å². The molecule has 0 spiro atoms. The third-order valence-corrected chi connectivity index (χ3v) is 1.26. The van der Waals surface area contributed by atoms with E-state index in [9.17, 15) is 10.1 Å². The average Bonchev–Trinajstić information content (AvgIpc) is 1.97. The van der Waals surface area contributed by atoms with E-state index >= 15 is 0 Å². The number of ether oxygens (including phenoxy) is 1. The minimum atomic E-state index is -0.364. The van der Waals surface area contributed by atoms with Crippen molar-refractivity contribution in [1.82, 2.24) is 0 Å². The van der Waals surface area contributed by atoms with Gasteiger partial charge >= 0.3 is 0 Å². The fourth-order valence-corrected chi connectivity index (χ4v) is 0.670. The molecule has 0 bridgehead atoms. The maximum atomic E-state index is 10.0. The number of nitrogens with zero attached hydrogens (tertiary/aromatic N) is 1. The molecule has 0 heterocycles. The topological polar surface area (TPSA) is 52.4 Å². The van der Waals surface area contributed by atoms with Crippen LogP contribution in [0.15, 0.2) is 12.7 Å². The molecule has 4 heteroatoms. The first-order chi connectivity index (χ1) is 5.20. The Morgan fingerprint density at radius 2 is 2.45 bits per heavy atom. The second-order valence-electron chi connectivity index (χ2n) is 2.17. The first-order valence-corrected chi connectivity index (χ1v) is 3.55. The second-order valence-corrected chi connectivity index (χ2v) is 2.17. The van der Waals surface area contributed by atoms with Crippen LogP contribution in [-0.4, -0.2) is 24.2 Å². The van der Waals surface area contributed by atoms with E-state index in [0.29, 0.717) is 13.0 Å². The van der Waals surface area contributed by atoms with Gasteiger partial charge in [-0.2, -0.15) is 0 Å². The van der Waals surface area contributed by atoms with Gasteiger partial charge in [0, 0.05) is 4.92 Å². The lowest BCUT2D eigenvalue weighted by Gasteiger charge is -2.08. The van der Waals surface area contributed by atoms with Crippen LogP contribution in [0.3, 0.4) is 0 Å². The highest BCUT2D eigenvalue weighted by Gasteiger charge is 2.11. The zero-order valence-electron chi connectivity index (χ0n) is 6.66. The Hall–Kier alpha value is -0.900. The van der Waals surface area contributed by atoms with Gasteiger partial charge in [-0.1, -0.05) is 13.0 Å². The molecule has 0 fully saturated rings. The molecule has 0 N–H and O–H groups in total. The molecule has 0 aliphatic heterocycles. The first-order valence-electron chi connectivity index (χ1n) is 3.55. The molecule has 0 aromatic rings. The molecule has 0 saturated heterocycles. The van der Waals surface area contributed by atoms with Crippen molar-refractivity contribution < 1.29 is 9.66 Å². The summed E-state index contributed by atoms with van der Waals surface area (Å²) in [7, 11) is 0. The predicted molar refractivity (Wildman–Crippen MR) is 42.1 cm³/mol. The molecule has 4 nitrogen and oxygen atoms in total. The van der Waals surface area contributed by atoms with Gasteiger partial charge < -0.3 is 4.74 Å². The van der Waals surface area contributed by atoms with Gasteiger partial charge in [-0.3, -0.25) is 10.1 Å². The molecular formula is C7H13NO3. The zero-order valence-corrected chi connectivity index (χ0v) is 6.66. The van der Waals surface area contributed by atoms with Gasteiger partial charge in [-0.15, -0.1) is 6.58 Å². The largest absolute Gasteiger partial charge is 0.367 e. The lowest BCUT2D eigenvalue weighted by atomic mass is 10.3. The fourth-order valence-electron chi connectivity index (χ4n) is 0.670. The highest BCUT2D eigenvalue weighted by molar-refractivity contribution is 4.66. The van der Waals surface area contributed by atoms with Gasteiger partial charge in [0.1, 0.15) is 6.10 Å². The molecule has 64 valence electrons. The second kappa shape index (κ2) is 5.85. The van der Waals surface area contributed by atoms with Gasteiger partial charge in [0.15, 0.2) is 0 Å². The molecule has 0 aromatic carbocycles. The van der Waals surface area contributed by atoms with Crippen LogP contribution in [0.2, 0.25) is 0 Å². The van der Waals surface area contributed by atoms with Crippen molar-refractivity contribution in [3.63, 3.8) is 0 Å². The standard InChI is InChI=1S/C7H13NO3/c1-3-5-11-7(4-2)6-8(9)10/h3,7H,1,4-6H2,2H3. The van der Waals surface area contributed by atoms with E-state index in [0.717, 1.165) is 0 Å². The normalized spacial score (nSPS) is 12.5. The summed E-state index contributed by atoms with van der Waals surface area (Å²) < 4.78 is 5.09. The molecule has 1 unspecified atom stereocenters. The SMILES string of the molecule is C=CCOC(CC)C[N+](=O)[O-]. The molecule has 0 aromatic heterocycles. The van der Waals surface area contributed by atoms with Crippen LogP contribution in [0.1, 0.15) is 13.3 Å². The van der Waals surface area contributed by atoms with Crippen molar-refractivity contribution in [2.24, 2.45) is 0 Å². The Morgan fingerprint density at radius 1 is 1.82 bits per heavy atom. The quantitative estimate of drug-likeness (QED) is 0.333. The Labute approximate surface area is 66.0 Å². The molecule has 0 rings (SSSR count). The van der Waals surface area contributed by atoms with Crippen molar-refractivity contribution in [2.45, 2.75) is 19.4 Å². The Kier molecular flexibility index (Phi) is 5.37. The number of rotatable bonds is 6. The summed E-state index contributed by atoms with van der Waals surface area (Å²) >= 11 is 0. The average molecular weight is 159 g/mol. The van der Waals surface area contributed by atoms with Gasteiger partial charge in [-0.05, 0) is 6.42 Å². The van der Waals surface area contributed by atoms with Crippen molar-refractivity contribution in [3.05, 3.63) is 22.8 Å². The molecular weight excluding hydrogens is 146 g/mol. The van der Waals surface area contributed by atoms with E-state index < -0.39 is 0 Å². The van der Waals surface area contributed by atoms with Crippen LogP contribution in [0.25, 0.3) is 0 Å². The van der Waals surface area contributed by atoms with Crippen LogP contribution in [-0.2, 0) is 4.74 Å². The first kappa shape index (κ1) is 10.1. The van der Waals surface area contributed by atoms with Crippen molar-refractivity contribution >= 4 is 0 Å². The maximum Gasteiger partial charge on any atom is 0.229 e. The summed E-state index contributed by atoms with van der Waals surface area (Å²) in [5.41, 5.74) is 0. The third-order valence-electron chi connectivity index (χ3n) is 1.26. The molecule has 0 aliphatic carbocycles. The zero-order chi connectivity index (χ0) is 8.69. The van der Waals surface area contributed by atoms with Crippen LogP contribution in [0, 0.1) is 10.1 Å². The summed E-state index contributed by atoms with van der Waals surface area (Å²) in [6.45, 7) is 5.57. The van der Waals surface area contributed by atoms with Crippen LogP contribution >= 0.6 is 0 Å². The molecule has 0 amide bonds. The van der Waals surface area contributed by atoms with E-state index in [1.807, 2.05) is 6.92 Å². The number of hydrogen-bond acceptors (Lipinski definition) is 3. The number of nitro groups is 1. The Balaban J connectivity index is 3.57. The predicted octanol–water partition coefficient (Wildman–Crippen LogP) is 1.24. The fraction of sp³-hybridized carbons (Fsp3) is 0.714.